The number of hydrogen-bond donors (Lipinski definition) is 2. The van der Waals surface area contributed by atoms with E-state index in [-0.39, 0.29) is 24.3 Å². The first kappa shape index (κ1) is 21.7. The maximum absolute atomic E-state index is 12.8. The van der Waals surface area contributed by atoms with Gasteiger partial charge in [0.25, 0.3) is 5.91 Å². The molecule has 2 aliphatic heterocycles. The van der Waals surface area contributed by atoms with Crippen molar-refractivity contribution in [2.24, 2.45) is 5.41 Å². The van der Waals surface area contributed by atoms with E-state index in [4.69, 9.17) is 9.47 Å². The molecule has 1 spiro atoms. The molecule has 0 unspecified atom stereocenters. The number of ether oxygens (including phenoxy) is 2. The van der Waals surface area contributed by atoms with Crippen LogP contribution in [0.1, 0.15) is 28.8 Å². The number of carbonyl (C=O) groups is 3. The highest BCUT2D eigenvalue weighted by atomic mass is 16.5. The van der Waals surface area contributed by atoms with Crippen LogP contribution in [0.3, 0.4) is 0 Å². The van der Waals surface area contributed by atoms with Crippen molar-refractivity contribution in [2.75, 3.05) is 27.3 Å². The predicted molar refractivity (Wildman–Crippen MR) is 117 cm³/mol. The van der Waals surface area contributed by atoms with Gasteiger partial charge < -0.3 is 25.0 Å². The van der Waals surface area contributed by atoms with Crippen molar-refractivity contribution in [3.63, 3.8) is 0 Å². The molecule has 2 heterocycles. The SMILES string of the molecule is COc1ccc(CNC(=O)[C@@H]2C[C@@]3(CCN(C(=O)c4ccccc4)C3)C(=O)N2)c(OC)c1. The number of nitrogens with zero attached hydrogens (tertiary/aromatic N) is 1. The van der Waals surface area contributed by atoms with Crippen LogP contribution in [0.5, 0.6) is 11.5 Å². The fourth-order valence-corrected chi connectivity index (χ4v) is 4.47. The van der Waals surface area contributed by atoms with E-state index >= 15 is 0 Å². The number of nitrogens with one attached hydrogen (secondary N) is 2. The lowest BCUT2D eigenvalue weighted by molar-refractivity contribution is -0.128. The third-order valence-electron chi connectivity index (χ3n) is 6.31. The van der Waals surface area contributed by atoms with Crippen molar-refractivity contribution < 1.29 is 23.9 Å². The number of amides is 3. The summed E-state index contributed by atoms with van der Waals surface area (Å²) in [5, 5.41) is 5.71. The Morgan fingerprint density at radius 2 is 1.94 bits per heavy atom. The molecule has 2 N–H and O–H groups in total. The molecule has 2 aromatic rings. The normalized spacial score (nSPS) is 22.0. The topological polar surface area (TPSA) is 97.0 Å². The van der Waals surface area contributed by atoms with Gasteiger partial charge in [-0.3, -0.25) is 14.4 Å². The molecule has 32 heavy (non-hydrogen) atoms. The molecule has 2 saturated heterocycles. The fraction of sp³-hybridized carbons (Fsp3) is 0.375. The fourth-order valence-electron chi connectivity index (χ4n) is 4.47. The minimum absolute atomic E-state index is 0.0882. The van der Waals surface area contributed by atoms with Crippen molar-refractivity contribution in [3.05, 3.63) is 59.7 Å². The van der Waals surface area contributed by atoms with Crippen LogP contribution in [-0.2, 0) is 16.1 Å². The monoisotopic (exact) mass is 437 g/mol. The Hall–Kier alpha value is -3.55. The van der Waals surface area contributed by atoms with E-state index in [0.29, 0.717) is 43.0 Å². The zero-order valence-corrected chi connectivity index (χ0v) is 18.2. The molecule has 8 heteroatoms. The number of likely N-dealkylation sites (tertiary alicyclic amines) is 1. The van der Waals surface area contributed by atoms with Gasteiger partial charge in [-0.15, -0.1) is 0 Å². The lowest BCUT2D eigenvalue weighted by atomic mass is 9.84. The summed E-state index contributed by atoms with van der Waals surface area (Å²) in [5.41, 5.74) is 0.691. The molecular weight excluding hydrogens is 410 g/mol. The highest BCUT2D eigenvalue weighted by molar-refractivity contribution is 5.97. The number of rotatable bonds is 6. The second kappa shape index (κ2) is 8.90. The molecule has 0 saturated carbocycles. The number of hydrogen-bond acceptors (Lipinski definition) is 5. The van der Waals surface area contributed by atoms with E-state index in [1.165, 1.54) is 0 Å². The quantitative estimate of drug-likeness (QED) is 0.718. The van der Waals surface area contributed by atoms with Crippen molar-refractivity contribution in [1.82, 2.24) is 15.5 Å². The van der Waals surface area contributed by atoms with Crippen LogP contribution in [0.4, 0.5) is 0 Å². The lowest BCUT2D eigenvalue weighted by Crippen LogP contribution is -2.41. The van der Waals surface area contributed by atoms with E-state index < -0.39 is 11.5 Å². The van der Waals surface area contributed by atoms with Gasteiger partial charge in [-0.2, -0.15) is 0 Å². The standard InChI is InChI=1S/C24H27N3O5/c1-31-18-9-8-17(20(12-18)32-2)14-25-21(28)19-13-24(23(30)26-19)10-11-27(15-24)22(29)16-6-4-3-5-7-16/h3-9,12,19H,10-11,13-15H2,1-2H3,(H,25,28)(H,26,30)/t19-,24+/m0/s1. The molecule has 2 aromatic carbocycles. The van der Waals surface area contributed by atoms with Gasteiger partial charge in [0.15, 0.2) is 0 Å². The van der Waals surface area contributed by atoms with E-state index in [2.05, 4.69) is 10.6 Å². The van der Waals surface area contributed by atoms with Crippen molar-refractivity contribution in [1.29, 1.82) is 0 Å². The van der Waals surface area contributed by atoms with Crippen molar-refractivity contribution in [3.8, 4) is 11.5 Å². The van der Waals surface area contributed by atoms with Crippen LogP contribution in [0.2, 0.25) is 0 Å². The van der Waals surface area contributed by atoms with Crippen LogP contribution in [0, 0.1) is 5.41 Å². The Kier molecular flexibility index (Phi) is 6.03. The molecule has 0 aliphatic carbocycles. The molecule has 2 atom stereocenters. The summed E-state index contributed by atoms with van der Waals surface area (Å²) in [6.07, 6.45) is 0.920. The first-order valence-electron chi connectivity index (χ1n) is 10.6. The first-order chi connectivity index (χ1) is 15.5. The maximum Gasteiger partial charge on any atom is 0.253 e. The Bertz CT molecular complexity index is 1030. The third-order valence-corrected chi connectivity index (χ3v) is 6.31. The van der Waals surface area contributed by atoms with Gasteiger partial charge in [0.2, 0.25) is 11.8 Å². The number of methoxy groups -OCH3 is 2. The van der Waals surface area contributed by atoms with Gasteiger partial charge in [-0.25, -0.2) is 0 Å². The summed E-state index contributed by atoms with van der Waals surface area (Å²) in [5.74, 6) is 0.777. The van der Waals surface area contributed by atoms with E-state index in [0.717, 1.165) is 5.56 Å². The van der Waals surface area contributed by atoms with Gasteiger partial charge in [0, 0.05) is 36.8 Å². The largest absolute Gasteiger partial charge is 0.497 e. The van der Waals surface area contributed by atoms with Crippen molar-refractivity contribution >= 4 is 17.7 Å². The Morgan fingerprint density at radius 3 is 2.66 bits per heavy atom. The van der Waals surface area contributed by atoms with E-state index in [1.54, 1.807) is 43.4 Å². The summed E-state index contributed by atoms with van der Waals surface area (Å²) in [7, 11) is 3.13. The van der Waals surface area contributed by atoms with Gasteiger partial charge in [0.1, 0.15) is 17.5 Å². The van der Waals surface area contributed by atoms with Gasteiger partial charge in [-0.05, 0) is 37.1 Å². The lowest BCUT2D eigenvalue weighted by Gasteiger charge is -2.21. The molecule has 3 amide bonds. The Labute approximate surface area is 186 Å². The van der Waals surface area contributed by atoms with Crippen LogP contribution in [0.15, 0.2) is 48.5 Å². The van der Waals surface area contributed by atoms with Crippen LogP contribution < -0.4 is 20.1 Å². The average molecular weight is 437 g/mol. The molecule has 2 fully saturated rings. The maximum atomic E-state index is 12.8. The average Bonchev–Trinajstić information content (AvgIpc) is 3.41. The number of carbonyl (C=O) groups excluding carboxylic acids is 3. The minimum atomic E-state index is -0.718. The summed E-state index contributed by atoms with van der Waals surface area (Å²) >= 11 is 0. The van der Waals surface area contributed by atoms with Gasteiger partial charge in [-0.1, -0.05) is 18.2 Å². The summed E-state index contributed by atoms with van der Waals surface area (Å²) in [6, 6.07) is 13.8. The second-order valence-electron chi connectivity index (χ2n) is 8.25. The first-order valence-corrected chi connectivity index (χ1v) is 10.6. The summed E-state index contributed by atoms with van der Waals surface area (Å²) < 4.78 is 10.6. The molecule has 0 radical (unpaired) electrons. The van der Waals surface area contributed by atoms with E-state index in [9.17, 15) is 14.4 Å². The highest BCUT2D eigenvalue weighted by Gasteiger charge is 2.53. The third kappa shape index (κ3) is 4.12. The van der Waals surface area contributed by atoms with Crippen LogP contribution in [-0.4, -0.2) is 56.0 Å². The van der Waals surface area contributed by atoms with E-state index in [1.807, 2.05) is 24.3 Å². The van der Waals surface area contributed by atoms with Crippen LogP contribution >= 0.6 is 0 Å². The second-order valence-corrected chi connectivity index (χ2v) is 8.25. The molecule has 2 aliphatic rings. The summed E-state index contributed by atoms with van der Waals surface area (Å²) in [6.45, 7) is 1.09. The zero-order chi connectivity index (χ0) is 22.7. The minimum Gasteiger partial charge on any atom is -0.497 e. The van der Waals surface area contributed by atoms with Gasteiger partial charge >= 0.3 is 0 Å². The molecule has 168 valence electrons. The van der Waals surface area contributed by atoms with Crippen molar-refractivity contribution in [2.45, 2.75) is 25.4 Å². The Balaban J connectivity index is 1.37. The molecule has 0 bridgehead atoms. The predicted octanol–water partition coefficient (Wildman–Crippen LogP) is 1.74. The van der Waals surface area contributed by atoms with Gasteiger partial charge in [0.05, 0.1) is 19.6 Å². The molecule has 0 aromatic heterocycles. The molecule has 8 nitrogen and oxygen atoms in total. The summed E-state index contributed by atoms with van der Waals surface area (Å²) in [4.78, 5) is 40.1. The highest BCUT2D eigenvalue weighted by Crippen LogP contribution is 2.40. The Morgan fingerprint density at radius 1 is 1.16 bits per heavy atom. The zero-order valence-electron chi connectivity index (χ0n) is 18.2. The molecule has 4 rings (SSSR count). The number of benzene rings is 2. The molecular formula is C24H27N3O5. The van der Waals surface area contributed by atoms with Crippen LogP contribution in [0.25, 0.3) is 0 Å². The smallest absolute Gasteiger partial charge is 0.253 e.